The first-order valence-corrected chi connectivity index (χ1v) is 13.1. The van der Waals surface area contributed by atoms with Gasteiger partial charge in [-0.3, -0.25) is 9.69 Å². The molecule has 1 saturated heterocycles. The second-order valence-electron chi connectivity index (χ2n) is 10.6. The largest absolute Gasteiger partial charge is 0.416 e. The standard InChI is InChI=1S/C26H34F3N5O2/c27-26(28,29)18-7-10-22-21(11-18)25(32-15-31-22)30-12-23(35)33-19-13-34(14-19)20-8-5-17(6-9-20)24(36)16-3-1-2-4-16/h7,10-11,15-17,19-20,24,36H,1-6,8-9,12-14H2,(H,33,35)(H,30,31,32)/t17-,20+,24?. The smallest absolute Gasteiger partial charge is 0.393 e. The molecule has 2 aliphatic carbocycles. The number of aliphatic hydroxyl groups is 1. The van der Waals surface area contributed by atoms with E-state index in [1.807, 2.05) is 0 Å². The zero-order chi connectivity index (χ0) is 25.3. The van der Waals surface area contributed by atoms with E-state index in [-0.39, 0.29) is 35.8 Å². The van der Waals surface area contributed by atoms with E-state index in [4.69, 9.17) is 0 Å². The fourth-order valence-corrected chi connectivity index (χ4v) is 6.21. The number of likely N-dealkylation sites (tertiary alicyclic amines) is 1. The van der Waals surface area contributed by atoms with Crippen molar-refractivity contribution in [2.75, 3.05) is 25.0 Å². The third-order valence-corrected chi connectivity index (χ3v) is 8.28. The number of halogens is 3. The van der Waals surface area contributed by atoms with Crippen LogP contribution in [0.3, 0.4) is 0 Å². The van der Waals surface area contributed by atoms with E-state index in [0.717, 1.165) is 50.9 Å². The monoisotopic (exact) mass is 505 g/mol. The molecule has 0 radical (unpaired) electrons. The minimum atomic E-state index is -4.47. The molecule has 0 spiro atoms. The number of nitrogens with one attached hydrogen (secondary N) is 2. The van der Waals surface area contributed by atoms with E-state index in [1.165, 1.54) is 38.1 Å². The van der Waals surface area contributed by atoms with Crippen LogP contribution in [0.4, 0.5) is 19.0 Å². The lowest BCUT2D eigenvalue weighted by molar-refractivity contribution is -0.137. The summed E-state index contributed by atoms with van der Waals surface area (Å²) in [7, 11) is 0. The predicted molar refractivity (Wildman–Crippen MR) is 130 cm³/mol. The lowest BCUT2D eigenvalue weighted by atomic mass is 9.77. The number of carbonyl (C=O) groups excluding carboxylic acids is 1. The molecule has 1 amide bonds. The van der Waals surface area contributed by atoms with Gasteiger partial charge in [0.05, 0.1) is 29.8 Å². The molecule has 10 heteroatoms. The van der Waals surface area contributed by atoms with Gasteiger partial charge in [-0.25, -0.2) is 9.97 Å². The molecule has 1 unspecified atom stereocenters. The molecule has 196 valence electrons. The number of amides is 1. The molecule has 1 aliphatic heterocycles. The van der Waals surface area contributed by atoms with Crippen LogP contribution in [0.2, 0.25) is 0 Å². The molecule has 2 heterocycles. The van der Waals surface area contributed by atoms with Crippen LogP contribution in [0.15, 0.2) is 24.5 Å². The minimum absolute atomic E-state index is 0.0695. The van der Waals surface area contributed by atoms with Crippen LogP contribution in [0.1, 0.15) is 56.9 Å². The SMILES string of the molecule is O=C(CNc1ncnc2ccc(C(F)(F)F)cc12)NC1CN([C@H]2CC[C@@H](C(O)C3CCCC3)CC2)C1. The normalized spacial score (nSPS) is 25.0. The van der Waals surface area contributed by atoms with Crippen LogP contribution in [0, 0.1) is 11.8 Å². The Labute approximate surface area is 208 Å². The Hall–Kier alpha value is -2.46. The van der Waals surface area contributed by atoms with Crippen molar-refractivity contribution < 1.29 is 23.1 Å². The zero-order valence-electron chi connectivity index (χ0n) is 20.3. The van der Waals surface area contributed by atoms with Crippen molar-refractivity contribution in [1.82, 2.24) is 20.2 Å². The Bertz CT molecular complexity index is 1060. The molecule has 0 bridgehead atoms. The maximum absolute atomic E-state index is 13.1. The Kier molecular flexibility index (Phi) is 7.35. The Morgan fingerprint density at radius 2 is 1.75 bits per heavy atom. The van der Waals surface area contributed by atoms with Crippen LogP contribution in [-0.2, 0) is 11.0 Å². The summed E-state index contributed by atoms with van der Waals surface area (Å²) < 4.78 is 39.3. The summed E-state index contributed by atoms with van der Waals surface area (Å²) in [6.07, 6.45) is 5.84. The van der Waals surface area contributed by atoms with Crippen molar-refractivity contribution in [2.24, 2.45) is 11.8 Å². The summed E-state index contributed by atoms with van der Waals surface area (Å²) >= 11 is 0. The number of carbonyl (C=O) groups is 1. The van der Waals surface area contributed by atoms with Gasteiger partial charge in [0.25, 0.3) is 0 Å². The quantitative estimate of drug-likeness (QED) is 0.528. The van der Waals surface area contributed by atoms with Gasteiger partial charge in [-0.1, -0.05) is 12.8 Å². The lowest BCUT2D eigenvalue weighted by Gasteiger charge is -2.47. The van der Waals surface area contributed by atoms with E-state index < -0.39 is 11.7 Å². The Balaban J connectivity index is 1.06. The molecule has 5 rings (SSSR count). The number of benzene rings is 1. The van der Waals surface area contributed by atoms with E-state index in [2.05, 4.69) is 25.5 Å². The van der Waals surface area contributed by atoms with Gasteiger partial charge in [0.1, 0.15) is 12.1 Å². The number of alkyl halides is 3. The molecule has 1 atom stereocenters. The number of aromatic nitrogens is 2. The lowest BCUT2D eigenvalue weighted by Crippen LogP contribution is -2.63. The number of nitrogens with zero attached hydrogens (tertiary/aromatic N) is 3. The second-order valence-corrected chi connectivity index (χ2v) is 10.6. The van der Waals surface area contributed by atoms with Gasteiger partial charge in [-0.2, -0.15) is 13.2 Å². The summed E-state index contributed by atoms with van der Waals surface area (Å²) in [4.78, 5) is 22.9. The fourth-order valence-electron chi connectivity index (χ4n) is 6.21. The predicted octanol–water partition coefficient (Wildman–Crippen LogP) is 3.97. The van der Waals surface area contributed by atoms with E-state index in [1.54, 1.807) is 0 Å². The molecule has 3 fully saturated rings. The van der Waals surface area contributed by atoms with Crippen LogP contribution in [-0.4, -0.2) is 63.7 Å². The first-order chi connectivity index (χ1) is 17.3. The molecule has 7 nitrogen and oxygen atoms in total. The number of rotatable bonds is 7. The van der Waals surface area contributed by atoms with Gasteiger partial charge in [0, 0.05) is 24.5 Å². The second kappa shape index (κ2) is 10.5. The van der Waals surface area contributed by atoms with Crippen LogP contribution >= 0.6 is 0 Å². The average molecular weight is 506 g/mol. The first-order valence-electron chi connectivity index (χ1n) is 13.1. The highest BCUT2D eigenvalue weighted by atomic mass is 19.4. The number of fused-ring (bicyclic) bond motifs is 1. The van der Waals surface area contributed by atoms with Crippen LogP contribution in [0.5, 0.6) is 0 Å². The van der Waals surface area contributed by atoms with Gasteiger partial charge in [-0.05, 0) is 68.6 Å². The third kappa shape index (κ3) is 5.59. The topological polar surface area (TPSA) is 90.4 Å². The van der Waals surface area contributed by atoms with Crippen LogP contribution < -0.4 is 10.6 Å². The van der Waals surface area contributed by atoms with Gasteiger partial charge >= 0.3 is 6.18 Å². The van der Waals surface area contributed by atoms with Crippen molar-refractivity contribution in [3.05, 3.63) is 30.1 Å². The molecule has 2 saturated carbocycles. The molecule has 2 aromatic rings. The number of hydrogen-bond acceptors (Lipinski definition) is 6. The van der Waals surface area contributed by atoms with Crippen molar-refractivity contribution >= 4 is 22.6 Å². The summed E-state index contributed by atoms with van der Waals surface area (Å²) in [5.74, 6) is 0.905. The van der Waals surface area contributed by atoms with Gasteiger partial charge in [0.15, 0.2) is 0 Å². The summed E-state index contributed by atoms with van der Waals surface area (Å²) in [5.41, 5.74) is -0.407. The van der Waals surface area contributed by atoms with E-state index >= 15 is 0 Å². The molecule has 3 N–H and O–H groups in total. The molecular weight excluding hydrogens is 471 g/mol. The summed E-state index contributed by atoms with van der Waals surface area (Å²) in [6.45, 7) is 1.53. The van der Waals surface area contributed by atoms with Crippen molar-refractivity contribution in [3.63, 3.8) is 0 Å². The Morgan fingerprint density at radius 1 is 1.06 bits per heavy atom. The third-order valence-electron chi connectivity index (χ3n) is 8.28. The maximum Gasteiger partial charge on any atom is 0.416 e. The van der Waals surface area contributed by atoms with Crippen molar-refractivity contribution in [1.29, 1.82) is 0 Å². The van der Waals surface area contributed by atoms with Crippen LogP contribution in [0.25, 0.3) is 10.9 Å². The molecular formula is C26H34F3N5O2. The summed E-state index contributed by atoms with van der Waals surface area (Å²) in [6, 6.07) is 3.87. The number of hydrogen-bond donors (Lipinski definition) is 3. The number of anilines is 1. The minimum Gasteiger partial charge on any atom is -0.393 e. The molecule has 3 aliphatic rings. The fraction of sp³-hybridized carbons (Fsp3) is 0.654. The highest BCUT2D eigenvalue weighted by molar-refractivity contribution is 5.91. The van der Waals surface area contributed by atoms with E-state index in [9.17, 15) is 23.1 Å². The average Bonchev–Trinajstić information content (AvgIpc) is 3.38. The van der Waals surface area contributed by atoms with Crippen molar-refractivity contribution in [3.8, 4) is 0 Å². The van der Waals surface area contributed by atoms with Gasteiger partial charge < -0.3 is 15.7 Å². The molecule has 1 aromatic carbocycles. The highest BCUT2D eigenvalue weighted by Gasteiger charge is 2.38. The summed E-state index contributed by atoms with van der Waals surface area (Å²) in [5, 5.41) is 16.8. The van der Waals surface area contributed by atoms with E-state index in [0.29, 0.717) is 23.4 Å². The maximum atomic E-state index is 13.1. The molecule has 36 heavy (non-hydrogen) atoms. The highest BCUT2D eigenvalue weighted by Crippen LogP contribution is 2.38. The van der Waals surface area contributed by atoms with Crippen molar-refractivity contribution in [2.45, 2.75) is 75.7 Å². The first kappa shape index (κ1) is 25.2. The van der Waals surface area contributed by atoms with Gasteiger partial charge in [0.2, 0.25) is 5.91 Å². The zero-order valence-corrected chi connectivity index (χ0v) is 20.3. The molecule has 1 aromatic heterocycles. The Morgan fingerprint density at radius 3 is 2.44 bits per heavy atom. The van der Waals surface area contributed by atoms with Gasteiger partial charge in [-0.15, -0.1) is 0 Å². The number of aliphatic hydroxyl groups excluding tert-OH is 1.